The summed E-state index contributed by atoms with van der Waals surface area (Å²) in [6.07, 6.45) is 2.35. The molecule has 206 valence electrons. The van der Waals surface area contributed by atoms with Crippen LogP contribution in [0, 0.1) is 5.92 Å². The molecule has 0 saturated heterocycles. The van der Waals surface area contributed by atoms with Gasteiger partial charge in [0.25, 0.3) is 0 Å². The lowest BCUT2D eigenvalue weighted by molar-refractivity contribution is -0.142. The number of nitrogens with one attached hydrogen (secondary N) is 1. The number of amides is 2. The van der Waals surface area contributed by atoms with Crippen molar-refractivity contribution in [1.29, 1.82) is 0 Å². The number of ether oxygens (including phenoxy) is 2. The van der Waals surface area contributed by atoms with Crippen LogP contribution in [0.15, 0.2) is 65.3 Å². The van der Waals surface area contributed by atoms with Crippen LogP contribution < -0.4 is 14.8 Å². The maximum Gasteiger partial charge on any atom is 0.247 e. The molecule has 0 aliphatic heterocycles. The Labute approximate surface area is 227 Å². The van der Waals surface area contributed by atoms with Crippen molar-refractivity contribution in [3.8, 4) is 11.5 Å². The fourth-order valence-corrected chi connectivity index (χ4v) is 4.33. The van der Waals surface area contributed by atoms with Crippen LogP contribution in [0.3, 0.4) is 0 Å². The topological polar surface area (TPSA) is 112 Å². The quantitative estimate of drug-likeness (QED) is 0.272. The molecule has 0 spiro atoms. The number of rotatable bonds is 13. The van der Waals surface area contributed by atoms with Gasteiger partial charge in [-0.05, 0) is 61.2 Å². The SMILES string of the molecule is CCOc1ccc([C@H](C(=O)NCCC(C)C)N(Cc2ccco2)C(=O)Cn2nnc3ccccc32)cc1OC. The molecule has 2 aromatic carbocycles. The second kappa shape index (κ2) is 12.9. The normalized spacial score (nSPS) is 11.9. The zero-order valence-electron chi connectivity index (χ0n) is 22.8. The predicted molar refractivity (Wildman–Crippen MR) is 146 cm³/mol. The number of para-hydroxylation sites is 1. The zero-order chi connectivity index (χ0) is 27.8. The van der Waals surface area contributed by atoms with Crippen LogP contribution in [0.4, 0.5) is 0 Å². The summed E-state index contributed by atoms with van der Waals surface area (Å²) in [6.45, 7) is 6.99. The Morgan fingerprint density at radius 2 is 1.92 bits per heavy atom. The van der Waals surface area contributed by atoms with E-state index < -0.39 is 6.04 Å². The van der Waals surface area contributed by atoms with Gasteiger partial charge in [-0.2, -0.15) is 0 Å². The van der Waals surface area contributed by atoms with Gasteiger partial charge in [-0.1, -0.05) is 37.3 Å². The molecular formula is C29H35N5O5. The molecule has 2 aromatic heterocycles. The van der Waals surface area contributed by atoms with Crippen LogP contribution >= 0.6 is 0 Å². The first kappa shape index (κ1) is 27.7. The van der Waals surface area contributed by atoms with E-state index in [1.54, 1.807) is 48.4 Å². The molecule has 0 bridgehead atoms. The number of carbonyl (C=O) groups excluding carboxylic acids is 2. The second-order valence-electron chi connectivity index (χ2n) is 9.56. The first-order valence-corrected chi connectivity index (χ1v) is 13.1. The summed E-state index contributed by atoms with van der Waals surface area (Å²) in [6, 6.07) is 15.3. The van der Waals surface area contributed by atoms with E-state index in [4.69, 9.17) is 13.9 Å². The lowest BCUT2D eigenvalue weighted by Gasteiger charge is -2.31. The number of aromatic nitrogens is 3. The highest BCUT2D eigenvalue weighted by Gasteiger charge is 2.33. The number of benzene rings is 2. The van der Waals surface area contributed by atoms with Crippen molar-refractivity contribution in [1.82, 2.24) is 25.2 Å². The van der Waals surface area contributed by atoms with Crippen LogP contribution in [0.1, 0.15) is 44.6 Å². The van der Waals surface area contributed by atoms with Crippen LogP contribution in [-0.4, -0.2) is 52.0 Å². The molecule has 0 saturated carbocycles. The molecule has 4 rings (SSSR count). The van der Waals surface area contributed by atoms with Gasteiger partial charge < -0.3 is 24.1 Å². The Balaban J connectivity index is 1.74. The fourth-order valence-electron chi connectivity index (χ4n) is 4.33. The molecule has 0 aliphatic rings. The maximum absolute atomic E-state index is 14.0. The molecule has 0 radical (unpaired) electrons. The van der Waals surface area contributed by atoms with Crippen molar-refractivity contribution in [2.24, 2.45) is 5.92 Å². The molecule has 39 heavy (non-hydrogen) atoms. The van der Waals surface area contributed by atoms with E-state index in [0.717, 1.165) is 11.9 Å². The van der Waals surface area contributed by atoms with Gasteiger partial charge in [-0.15, -0.1) is 5.10 Å². The third-order valence-corrected chi connectivity index (χ3v) is 6.32. The fraction of sp³-hybridized carbons (Fsp3) is 0.379. The number of hydrogen-bond donors (Lipinski definition) is 1. The smallest absolute Gasteiger partial charge is 0.247 e. The Morgan fingerprint density at radius 3 is 2.64 bits per heavy atom. The molecule has 4 aromatic rings. The van der Waals surface area contributed by atoms with E-state index in [-0.39, 0.29) is 24.9 Å². The molecule has 2 amide bonds. The van der Waals surface area contributed by atoms with E-state index in [1.807, 2.05) is 31.2 Å². The number of methoxy groups -OCH3 is 1. The summed E-state index contributed by atoms with van der Waals surface area (Å²) in [5, 5.41) is 11.4. The third-order valence-electron chi connectivity index (χ3n) is 6.32. The van der Waals surface area contributed by atoms with E-state index >= 15 is 0 Å². The lowest BCUT2D eigenvalue weighted by atomic mass is 10.0. The van der Waals surface area contributed by atoms with Gasteiger partial charge in [0.1, 0.15) is 23.9 Å². The first-order valence-electron chi connectivity index (χ1n) is 13.1. The lowest BCUT2D eigenvalue weighted by Crippen LogP contribution is -2.45. The van der Waals surface area contributed by atoms with Crippen molar-refractivity contribution in [3.05, 3.63) is 72.2 Å². The third kappa shape index (κ3) is 6.76. The summed E-state index contributed by atoms with van der Waals surface area (Å²) in [7, 11) is 1.54. The molecule has 2 heterocycles. The molecule has 1 atom stereocenters. The minimum Gasteiger partial charge on any atom is -0.493 e. The highest BCUT2D eigenvalue weighted by Crippen LogP contribution is 2.33. The minimum absolute atomic E-state index is 0.0796. The molecule has 10 heteroatoms. The van der Waals surface area contributed by atoms with Crippen molar-refractivity contribution >= 4 is 22.8 Å². The second-order valence-corrected chi connectivity index (χ2v) is 9.56. The summed E-state index contributed by atoms with van der Waals surface area (Å²) in [4.78, 5) is 29.3. The maximum atomic E-state index is 14.0. The van der Waals surface area contributed by atoms with Crippen LogP contribution in [0.2, 0.25) is 0 Å². The van der Waals surface area contributed by atoms with Crippen molar-refractivity contribution in [2.45, 2.75) is 46.3 Å². The minimum atomic E-state index is -0.964. The standard InChI is InChI=1S/C29H35N5O5/c1-5-38-25-13-12-21(17-26(25)37-4)28(29(36)30-15-14-20(2)3)33(18-22-9-8-16-39-22)27(35)19-34-24-11-7-6-10-23(24)31-32-34/h6-13,16-17,20,28H,5,14-15,18-19H2,1-4H3,(H,30,36)/t28-/m1/s1. The van der Waals surface area contributed by atoms with Crippen molar-refractivity contribution in [2.75, 3.05) is 20.3 Å². The highest BCUT2D eigenvalue weighted by molar-refractivity contribution is 5.89. The monoisotopic (exact) mass is 533 g/mol. The molecule has 10 nitrogen and oxygen atoms in total. The Morgan fingerprint density at radius 1 is 1.10 bits per heavy atom. The van der Waals surface area contributed by atoms with Crippen LogP contribution in [0.25, 0.3) is 11.0 Å². The Bertz CT molecular complexity index is 1380. The first-order chi connectivity index (χ1) is 18.9. The van der Waals surface area contributed by atoms with Gasteiger partial charge in [0.15, 0.2) is 11.5 Å². The summed E-state index contributed by atoms with van der Waals surface area (Å²) >= 11 is 0. The molecule has 0 fully saturated rings. The van der Waals surface area contributed by atoms with Gasteiger partial charge in [0.2, 0.25) is 11.8 Å². The van der Waals surface area contributed by atoms with Gasteiger partial charge in [-0.25, -0.2) is 4.68 Å². The molecule has 0 unspecified atom stereocenters. The van der Waals surface area contributed by atoms with Gasteiger partial charge in [0.05, 0.1) is 32.0 Å². The molecular weight excluding hydrogens is 498 g/mol. The number of furan rings is 1. The summed E-state index contributed by atoms with van der Waals surface area (Å²) in [5.74, 6) is 1.37. The average molecular weight is 534 g/mol. The summed E-state index contributed by atoms with van der Waals surface area (Å²) in [5.41, 5.74) is 1.99. The molecule has 0 aliphatic carbocycles. The van der Waals surface area contributed by atoms with Crippen LogP contribution in [0.5, 0.6) is 11.5 Å². The highest BCUT2D eigenvalue weighted by atomic mass is 16.5. The average Bonchev–Trinajstić information content (AvgIpc) is 3.59. The zero-order valence-corrected chi connectivity index (χ0v) is 22.8. The summed E-state index contributed by atoms with van der Waals surface area (Å²) < 4.78 is 18.4. The van der Waals surface area contributed by atoms with Gasteiger partial charge in [-0.3, -0.25) is 9.59 Å². The van der Waals surface area contributed by atoms with Crippen molar-refractivity contribution < 1.29 is 23.5 Å². The number of carbonyl (C=O) groups is 2. The number of nitrogens with zero attached hydrogens (tertiary/aromatic N) is 4. The van der Waals surface area contributed by atoms with E-state index in [0.29, 0.717) is 47.4 Å². The van der Waals surface area contributed by atoms with Crippen molar-refractivity contribution in [3.63, 3.8) is 0 Å². The van der Waals surface area contributed by atoms with Crippen LogP contribution in [-0.2, 0) is 22.7 Å². The number of fused-ring (bicyclic) bond motifs is 1. The molecule has 1 N–H and O–H groups in total. The van der Waals surface area contributed by atoms with E-state index in [9.17, 15) is 9.59 Å². The van der Waals surface area contributed by atoms with Gasteiger partial charge >= 0.3 is 0 Å². The van der Waals surface area contributed by atoms with E-state index in [1.165, 1.54) is 4.90 Å². The Hall–Kier alpha value is -4.34. The Kier molecular flexibility index (Phi) is 9.19. The number of hydrogen-bond acceptors (Lipinski definition) is 7. The van der Waals surface area contributed by atoms with Gasteiger partial charge in [0, 0.05) is 6.54 Å². The predicted octanol–water partition coefficient (Wildman–Crippen LogP) is 4.36. The van der Waals surface area contributed by atoms with E-state index in [2.05, 4.69) is 29.5 Å². The largest absolute Gasteiger partial charge is 0.493 e.